The molecule has 9 nitrogen and oxygen atoms in total. The third-order valence-electron chi connectivity index (χ3n) is 2.12. The second kappa shape index (κ2) is 3.70. The fourth-order valence-corrected chi connectivity index (χ4v) is 1.41. The minimum atomic E-state index is 0.153. The third kappa shape index (κ3) is 1.73. The average molecular weight is 232 g/mol. The van der Waals surface area contributed by atoms with E-state index in [4.69, 9.17) is 5.73 Å². The van der Waals surface area contributed by atoms with E-state index in [0.29, 0.717) is 29.4 Å². The predicted octanol–water partition coefficient (Wildman–Crippen LogP) is -0.0698. The number of H-pyrrole nitrogens is 1. The number of imidazole rings is 1. The van der Waals surface area contributed by atoms with Gasteiger partial charge in [0.15, 0.2) is 17.3 Å². The van der Waals surface area contributed by atoms with Crippen molar-refractivity contribution in [3.05, 3.63) is 18.5 Å². The molecule has 0 spiro atoms. The van der Waals surface area contributed by atoms with Crippen LogP contribution >= 0.6 is 0 Å². The Kier molecular flexibility index (Phi) is 2.07. The van der Waals surface area contributed by atoms with E-state index in [-0.39, 0.29) is 5.95 Å². The van der Waals surface area contributed by atoms with Crippen LogP contribution in [0, 0.1) is 0 Å². The zero-order valence-corrected chi connectivity index (χ0v) is 8.58. The predicted molar refractivity (Wildman–Crippen MR) is 57.7 cm³/mol. The molecule has 0 radical (unpaired) electrons. The normalized spacial score (nSPS) is 10.8. The van der Waals surface area contributed by atoms with Crippen LogP contribution < -0.4 is 11.1 Å². The van der Waals surface area contributed by atoms with Crippen LogP contribution in [0.15, 0.2) is 17.2 Å². The van der Waals surface area contributed by atoms with Crippen LogP contribution in [0.1, 0.15) is 5.82 Å². The number of rotatable bonds is 3. The standard InChI is InChI=1S/C8H8N8O/c9-8-14-6(5-7(15-8)12-2-11-5)10-1-4-13-3-17-16-4/h2-3H,1H2,(H4,9,10,11,12,14,15). The van der Waals surface area contributed by atoms with Crippen molar-refractivity contribution in [1.29, 1.82) is 0 Å². The van der Waals surface area contributed by atoms with Crippen LogP contribution in [0.3, 0.4) is 0 Å². The first-order valence-corrected chi connectivity index (χ1v) is 4.78. The molecule has 3 rings (SSSR count). The minimum Gasteiger partial charge on any atom is -0.368 e. The zero-order chi connectivity index (χ0) is 11.7. The number of anilines is 2. The number of aromatic nitrogens is 6. The maximum atomic E-state index is 5.57. The third-order valence-corrected chi connectivity index (χ3v) is 2.12. The topological polar surface area (TPSA) is 131 Å². The minimum absolute atomic E-state index is 0.153. The molecule has 4 N–H and O–H groups in total. The maximum Gasteiger partial charge on any atom is 0.224 e. The van der Waals surface area contributed by atoms with Crippen LogP contribution in [0.4, 0.5) is 11.8 Å². The van der Waals surface area contributed by atoms with E-state index in [2.05, 4.69) is 39.9 Å². The van der Waals surface area contributed by atoms with Gasteiger partial charge in [-0.1, -0.05) is 5.16 Å². The molecule has 3 aromatic heterocycles. The number of aromatic amines is 1. The van der Waals surface area contributed by atoms with Crippen molar-refractivity contribution in [2.24, 2.45) is 0 Å². The lowest BCUT2D eigenvalue weighted by atomic mass is 10.4. The van der Waals surface area contributed by atoms with Gasteiger partial charge in [-0.3, -0.25) is 0 Å². The largest absolute Gasteiger partial charge is 0.368 e. The number of hydrogen-bond donors (Lipinski definition) is 3. The van der Waals surface area contributed by atoms with E-state index in [1.807, 2.05) is 0 Å². The van der Waals surface area contributed by atoms with Crippen LogP contribution in [-0.4, -0.2) is 30.1 Å². The highest BCUT2D eigenvalue weighted by Crippen LogP contribution is 2.17. The summed E-state index contributed by atoms with van der Waals surface area (Å²) in [6, 6.07) is 0. The molecule has 0 atom stereocenters. The van der Waals surface area contributed by atoms with Gasteiger partial charge in [0.05, 0.1) is 12.9 Å². The summed E-state index contributed by atoms with van der Waals surface area (Å²) in [5.74, 6) is 1.23. The molecule has 0 aliphatic rings. The van der Waals surface area contributed by atoms with Gasteiger partial charge in [-0.25, -0.2) is 4.98 Å². The van der Waals surface area contributed by atoms with Gasteiger partial charge >= 0.3 is 0 Å². The second-order valence-corrected chi connectivity index (χ2v) is 3.23. The van der Waals surface area contributed by atoms with Crippen molar-refractivity contribution in [2.45, 2.75) is 6.54 Å². The van der Waals surface area contributed by atoms with E-state index < -0.39 is 0 Å². The van der Waals surface area contributed by atoms with Crippen LogP contribution in [0.25, 0.3) is 11.2 Å². The second-order valence-electron chi connectivity index (χ2n) is 3.23. The lowest BCUT2D eigenvalue weighted by molar-refractivity contribution is 0.411. The molecular weight excluding hydrogens is 224 g/mol. The molecule has 0 amide bonds. The highest BCUT2D eigenvalue weighted by molar-refractivity contribution is 5.83. The summed E-state index contributed by atoms with van der Waals surface area (Å²) in [5, 5.41) is 6.70. The summed E-state index contributed by atoms with van der Waals surface area (Å²) in [4.78, 5) is 18.9. The van der Waals surface area contributed by atoms with Crippen molar-refractivity contribution in [1.82, 2.24) is 30.1 Å². The monoisotopic (exact) mass is 232 g/mol. The van der Waals surface area contributed by atoms with Crippen molar-refractivity contribution < 1.29 is 4.52 Å². The van der Waals surface area contributed by atoms with Gasteiger partial charge in [0.1, 0.15) is 5.52 Å². The van der Waals surface area contributed by atoms with Gasteiger partial charge < -0.3 is 20.6 Å². The fourth-order valence-electron chi connectivity index (χ4n) is 1.41. The van der Waals surface area contributed by atoms with E-state index in [0.717, 1.165) is 0 Å². The number of nitrogens with two attached hydrogens (primary N) is 1. The Morgan fingerprint density at radius 1 is 1.35 bits per heavy atom. The van der Waals surface area contributed by atoms with Crippen molar-refractivity contribution >= 4 is 22.9 Å². The Bertz CT molecular complexity index is 630. The highest BCUT2D eigenvalue weighted by atomic mass is 16.5. The molecule has 86 valence electrons. The van der Waals surface area contributed by atoms with Crippen molar-refractivity contribution in [2.75, 3.05) is 11.1 Å². The number of hydrogen-bond acceptors (Lipinski definition) is 8. The van der Waals surface area contributed by atoms with Gasteiger partial charge in [0, 0.05) is 0 Å². The van der Waals surface area contributed by atoms with E-state index in [1.165, 1.54) is 12.7 Å². The average Bonchev–Trinajstić information content (AvgIpc) is 2.95. The molecule has 3 heterocycles. The van der Waals surface area contributed by atoms with Gasteiger partial charge in [-0.2, -0.15) is 15.0 Å². The first-order chi connectivity index (χ1) is 8.33. The molecule has 0 bridgehead atoms. The van der Waals surface area contributed by atoms with Gasteiger partial charge in [0.2, 0.25) is 12.3 Å². The first kappa shape index (κ1) is 9.51. The van der Waals surface area contributed by atoms with Crippen LogP contribution in [0.5, 0.6) is 0 Å². The van der Waals surface area contributed by atoms with Crippen molar-refractivity contribution in [3.8, 4) is 0 Å². The highest BCUT2D eigenvalue weighted by Gasteiger charge is 2.08. The number of nitrogens with one attached hydrogen (secondary N) is 2. The Morgan fingerprint density at radius 3 is 3.12 bits per heavy atom. The SMILES string of the molecule is Nc1nc(NCc2ncon2)c2[nH]cnc2n1. The number of nitrogen functional groups attached to an aromatic ring is 1. The smallest absolute Gasteiger partial charge is 0.224 e. The lowest BCUT2D eigenvalue weighted by Gasteiger charge is -2.03. The molecule has 0 aliphatic carbocycles. The molecule has 3 aromatic rings. The quantitative estimate of drug-likeness (QED) is 0.571. The number of nitrogens with zero attached hydrogens (tertiary/aromatic N) is 5. The molecule has 0 aromatic carbocycles. The molecule has 17 heavy (non-hydrogen) atoms. The van der Waals surface area contributed by atoms with E-state index >= 15 is 0 Å². The van der Waals surface area contributed by atoms with Gasteiger partial charge in [-0.05, 0) is 0 Å². The van der Waals surface area contributed by atoms with Crippen molar-refractivity contribution in [3.63, 3.8) is 0 Å². The summed E-state index contributed by atoms with van der Waals surface area (Å²) < 4.78 is 4.62. The lowest BCUT2D eigenvalue weighted by Crippen LogP contribution is -2.06. The molecule has 9 heteroatoms. The Hall–Kier alpha value is -2.71. The Morgan fingerprint density at radius 2 is 2.29 bits per heavy atom. The number of fused-ring (bicyclic) bond motifs is 1. The van der Waals surface area contributed by atoms with Crippen LogP contribution in [-0.2, 0) is 6.54 Å². The molecule has 0 saturated heterocycles. The Balaban J connectivity index is 1.91. The molecule has 0 fully saturated rings. The summed E-state index contributed by atoms with van der Waals surface area (Å²) in [6.07, 6.45) is 2.79. The zero-order valence-electron chi connectivity index (χ0n) is 8.58. The summed E-state index contributed by atoms with van der Waals surface area (Å²) >= 11 is 0. The van der Waals surface area contributed by atoms with E-state index in [9.17, 15) is 0 Å². The van der Waals surface area contributed by atoms with Gasteiger partial charge in [-0.15, -0.1) is 0 Å². The maximum absolute atomic E-state index is 5.57. The molecule has 0 saturated carbocycles. The van der Waals surface area contributed by atoms with Gasteiger partial charge in [0.25, 0.3) is 0 Å². The van der Waals surface area contributed by atoms with E-state index in [1.54, 1.807) is 0 Å². The molecular formula is C8H8N8O. The summed E-state index contributed by atoms with van der Waals surface area (Å²) in [5.41, 5.74) is 6.76. The Labute approximate surface area is 94.5 Å². The molecule has 0 unspecified atom stereocenters. The summed E-state index contributed by atoms with van der Waals surface area (Å²) in [7, 11) is 0. The fraction of sp³-hybridized carbons (Fsp3) is 0.125. The summed E-state index contributed by atoms with van der Waals surface area (Å²) in [6.45, 7) is 0.376. The van der Waals surface area contributed by atoms with Crippen LogP contribution in [0.2, 0.25) is 0 Å². The first-order valence-electron chi connectivity index (χ1n) is 4.78. The molecule has 0 aliphatic heterocycles.